The first-order valence-electron chi connectivity index (χ1n) is 10.6. The van der Waals surface area contributed by atoms with E-state index >= 15 is 0 Å². The Kier molecular flexibility index (Phi) is 8.13. The van der Waals surface area contributed by atoms with E-state index in [-0.39, 0.29) is 35.3 Å². The van der Waals surface area contributed by atoms with E-state index in [2.05, 4.69) is 44.8 Å². The van der Waals surface area contributed by atoms with Crippen molar-refractivity contribution in [3.05, 3.63) is 28.2 Å². The second-order valence-corrected chi connectivity index (χ2v) is 9.67. The van der Waals surface area contributed by atoms with Crippen LogP contribution < -0.4 is 15.8 Å². The van der Waals surface area contributed by atoms with Crippen LogP contribution in [0.15, 0.2) is 17.1 Å². The average molecular weight is 441 g/mol. The quantitative estimate of drug-likeness (QED) is 0.731. The number of rotatable bonds is 6. The fourth-order valence-electron chi connectivity index (χ4n) is 4.48. The van der Waals surface area contributed by atoms with Gasteiger partial charge < -0.3 is 19.5 Å². The highest BCUT2D eigenvalue weighted by atomic mass is 35.5. The number of pyridine rings is 1. The molecule has 2 atom stereocenters. The fraction of sp³-hybridized carbons (Fsp3) is 0.727. The number of ether oxygens (including phenoxy) is 1. The van der Waals surface area contributed by atoms with Gasteiger partial charge in [0.1, 0.15) is 0 Å². The smallest absolute Gasteiger partial charge is 0.250 e. The summed E-state index contributed by atoms with van der Waals surface area (Å²) in [6, 6.07) is 2.26. The van der Waals surface area contributed by atoms with Gasteiger partial charge in [0, 0.05) is 63.1 Å². The third-order valence-corrected chi connectivity index (χ3v) is 5.97. The molecule has 0 spiro atoms. The van der Waals surface area contributed by atoms with Gasteiger partial charge in [-0.1, -0.05) is 27.7 Å². The third kappa shape index (κ3) is 5.25. The first-order valence-corrected chi connectivity index (χ1v) is 10.6. The molecule has 1 saturated heterocycles. The summed E-state index contributed by atoms with van der Waals surface area (Å²) in [6.45, 7) is 14.4. The van der Waals surface area contributed by atoms with Crippen molar-refractivity contribution in [2.75, 3.05) is 44.8 Å². The summed E-state index contributed by atoms with van der Waals surface area (Å²) < 4.78 is 7.11. The van der Waals surface area contributed by atoms with Crippen LogP contribution in [-0.4, -0.2) is 67.4 Å². The van der Waals surface area contributed by atoms with Gasteiger partial charge in [-0.15, -0.1) is 12.4 Å². The summed E-state index contributed by atoms with van der Waals surface area (Å²) in [5.74, 6) is 0.447. The molecule has 1 aromatic rings. The Morgan fingerprint density at radius 1 is 1.37 bits per heavy atom. The Labute approximate surface area is 186 Å². The van der Waals surface area contributed by atoms with E-state index in [0.717, 1.165) is 24.3 Å². The maximum atomic E-state index is 13.4. The highest BCUT2D eigenvalue weighted by molar-refractivity contribution is 5.97. The number of nitrogens with one attached hydrogen (secondary N) is 1. The molecule has 2 aliphatic heterocycles. The molecule has 170 valence electrons. The van der Waals surface area contributed by atoms with Crippen LogP contribution in [0.4, 0.5) is 5.69 Å². The highest BCUT2D eigenvalue weighted by Gasteiger charge is 2.40. The Hall–Kier alpha value is -1.41. The summed E-state index contributed by atoms with van der Waals surface area (Å²) in [5, 5.41) is 3.47. The van der Waals surface area contributed by atoms with E-state index in [9.17, 15) is 9.59 Å². The van der Waals surface area contributed by atoms with Gasteiger partial charge in [-0.05, 0) is 18.4 Å². The summed E-state index contributed by atoms with van der Waals surface area (Å²) in [5.41, 5.74) is 1.63. The lowest BCUT2D eigenvalue weighted by Gasteiger charge is -2.39. The number of carbonyl (C=O) groups excluding carboxylic acids is 1. The molecule has 2 aliphatic rings. The van der Waals surface area contributed by atoms with Crippen LogP contribution in [0, 0.1) is 5.92 Å². The molecule has 1 N–H and O–H groups in total. The zero-order valence-corrected chi connectivity index (χ0v) is 19.9. The minimum Gasteiger partial charge on any atom is -0.383 e. The zero-order chi connectivity index (χ0) is 21.3. The van der Waals surface area contributed by atoms with Crippen molar-refractivity contribution in [3.63, 3.8) is 0 Å². The Morgan fingerprint density at radius 2 is 2.07 bits per heavy atom. The van der Waals surface area contributed by atoms with Crippen LogP contribution in [0.5, 0.6) is 0 Å². The van der Waals surface area contributed by atoms with Gasteiger partial charge in [-0.2, -0.15) is 0 Å². The highest BCUT2D eigenvalue weighted by Crippen LogP contribution is 2.39. The van der Waals surface area contributed by atoms with Gasteiger partial charge in [0.15, 0.2) is 0 Å². The second kappa shape index (κ2) is 9.81. The number of nitrogens with zero attached hydrogens (tertiary/aromatic N) is 3. The van der Waals surface area contributed by atoms with Crippen molar-refractivity contribution in [3.8, 4) is 0 Å². The molecular weight excluding hydrogens is 404 g/mol. The number of fused-ring (bicyclic) bond motifs is 1. The second-order valence-electron chi connectivity index (χ2n) is 9.67. The molecule has 0 unspecified atom stereocenters. The van der Waals surface area contributed by atoms with Crippen molar-refractivity contribution in [2.24, 2.45) is 5.92 Å². The number of anilines is 1. The van der Waals surface area contributed by atoms with Crippen molar-refractivity contribution in [2.45, 2.75) is 58.7 Å². The maximum Gasteiger partial charge on any atom is 0.250 e. The molecule has 7 nitrogen and oxygen atoms in total. The van der Waals surface area contributed by atoms with Crippen LogP contribution in [0.2, 0.25) is 0 Å². The summed E-state index contributed by atoms with van der Waals surface area (Å²) in [7, 11) is 1.70. The van der Waals surface area contributed by atoms with Crippen molar-refractivity contribution < 1.29 is 9.53 Å². The van der Waals surface area contributed by atoms with E-state index in [1.807, 2.05) is 11.1 Å². The molecule has 0 saturated carbocycles. The normalized spacial score (nSPS) is 23.4. The molecule has 0 bridgehead atoms. The van der Waals surface area contributed by atoms with Crippen molar-refractivity contribution >= 4 is 24.0 Å². The molecule has 0 aliphatic carbocycles. The monoisotopic (exact) mass is 440 g/mol. The molecule has 1 amide bonds. The topological polar surface area (TPSA) is 66.8 Å². The average Bonchev–Trinajstić information content (AvgIpc) is 2.88. The Bertz CT molecular complexity index is 808. The van der Waals surface area contributed by atoms with E-state index in [4.69, 9.17) is 4.74 Å². The van der Waals surface area contributed by atoms with Crippen molar-refractivity contribution in [1.82, 2.24) is 14.8 Å². The zero-order valence-electron chi connectivity index (χ0n) is 19.1. The number of aromatic nitrogens is 1. The van der Waals surface area contributed by atoms with Gasteiger partial charge in [0.25, 0.3) is 5.56 Å². The van der Waals surface area contributed by atoms with Crippen LogP contribution >= 0.6 is 12.4 Å². The predicted octanol–water partition coefficient (Wildman–Crippen LogP) is 1.86. The number of amides is 1. The SMILES string of the molecule is COC[C@H]1CN[C@H](C)CN1CC(=O)N1CC(C)(C)c2cc(=O)n(CC(C)C)cc21.Cl. The van der Waals surface area contributed by atoms with Crippen LogP contribution in [0.1, 0.15) is 40.2 Å². The number of halogens is 1. The van der Waals surface area contributed by atoms with Gasteiger partial charge in [-0.25, -0.2) is 0 Å². The largest absolute Gasteiger partial charge is 0.383 e. The van der Waals surface area contributed by atoms with E-state index in [0.29, 0.717) is 38.2 Å². The Morgan fingerprint density at radius 3 is 2.70 bits per heavy atom. The summed E-state index contributed by atoms with van der Waals surface area (Å²) >= 11 is 0. The molecule has 3 heterocycles. The fourth-order valence-corrected chi connectivity index (χ4v) is 4.48. The van der Waals surface area contributed by atoms with Crippen LogP contribution in [0.3, 0.4) is 0 Å². The maximum absolute atomic E-state index is 13.4. The molecule has 0 aromatic carbocycles. The van der Waals surface area contributed by atoms with Gasteiger partial charge in [0.05, 0.1) is 18.8 Å². The summed E-state index contributed by atoms with van der Waals surface area (Å²) in [4.78, 5) is 30.1. The predicted molar refractivity (Wildman–Crippen MR) is 123 cm³/mol. The number of piperazine rings is 1. The van der Waals surface area contributed by atoms with Crippen LogP contribution in [-0.2, 0) is 21.5 Å². The molecule has 3 rings (SSSR count). The number of hydrogen-bond donors (Lipinski definition) is 1. The number of hydrogen-bond acceptors (Lipinski definition) is 5. The molecular formula is C22H37ClN4O3. The van der Waals surface area contributed by atoms with Crippen molar-refractivity contribution in [1.29, 1.82) is 0 Å². The lowest BCUT2D eigenvalue weighted by atomic mass is 9.87. The van der Waals surface area contributed by atoms with Gasteiger partial charge in [-0.3, -0.25) is 14.5 Å². The minimum atomic E-state index is -0.232. The molecule has 0 radical (unpaired) electrons. The standard InChI is InChI=1S/C22H36N4O3.ClH/c1-15(2)9-25-11-19-18(7-20(25)27)22(4,5)14-26(19)21(28)12-24-10-16(3)23-8-17(24)13-29-6;/h7,11,15-17,23H,8-10,12-14H2,1-6H3;1H/t16-,17-;/m1./s1. The molecule has 30 heavy (non-hydrogen) atoms. The van der Waals surface area contributed by atoms with Crippen LogP contribution in [0.25, 0.3) is 0 Å². The third-order valence-electron chi connectivity index (χ3n) is 5.97. The van der Waals surface area contributed by atoms with E-state index < -0.39 is 0 Å². The lowest BCUT2D eigenvalue weighted by Crippen LogP contribution is -2.59. The van der Waals surface area contributed by atoms with E-state index in [1.54, 1.807) is 17.7 Å². The molecule has 1 fully saturated rings. The number of carbonyl (C=O) groups is 1. The van der Waals surface area contributed by atoms with Gasteiger partial charge in [0.2, 0.25) is 5.91 Å². The van der Waals surface area contributed by atoms with E-state index in [1.165, 1.54) is 0 Å². The first-order chi connectivity index (χ1) is 13.6. The Balaban J connectivity index is 0.00000320. The number of methoxy groups -OCH3 is 1. The summed E-state index contributed by atoms with van der Waals surface area (Å²) in [6.07, 6.45) is 1.89. The van der Waals surface area contributed by atoms with Gasteiger partial charge >= 0.3 is 0 Å². The minimum absolute atomic E-state index is 0. The molecule has 1 aromatic heterocycles. The molecule has 8 heteroatoms. The lowest BCUT2D eigenvalue weighted by molar-refractivity contribution is -0.121. The first kappa shape index (κ1) is 24.9.